The lowest BCUT2D eigenvalue weighted by atomic mass is 10.1. The van der Waals surface area contributed by atoms with Crippen LogP contribution in [0.5, 0.6) is 0 Å². The summed E-state index contributed by atoms with van der Waals surface area (Å²) in [4.78, 5) is 27.8. The Labute approximate surface area is 189 Å². The Hall–Kier alpha value is -2.04. The van der Waals surface area contributed by atoms with Crippen LogP contribution in [0.1, 0.15) is 51.2 Å². The monoisotopic (exact) mass is 448 g/mol. The second kappa shape index (κ2) is 12.0. The van der Waals surface area contributed by atoms with E-state index in [1.54, 1.807) is 23.1 Å². The van der Waals surface area contributed by atoms with Crippen LogP contribution < -0.4 is 5.32 Å². The van der Waals surface area contributed by atoms with Gasteiger partial charge < -0.3 is 10.2 Å². The first kappa shape index (κ1) is 24.2. The van der Waals surface area contributed by atoms with Crippen LogP contribution in [-0.2, 0) is 22.6 Å². The normalized spacial score (nSPS) is 12.8. The lowest BCUT2D eigenvalue weighted by molar-refractivity contribution is -0.141. The highest BCUT2D eigenvalue weighted by Crippen LogP contribution is 2.27. The molecule has 0 aliphatic heterocycles. The van der Waals surface area contributed by atoms with Crippen molar-refractivity contribution in [2.75, 3.05) is 0 Å². The van der Waals surface area contributed by atoms with E-state index in [2.05, 4.69) is 5.32 Å². The molecule has 2 rings (SSSR count). The van der Waals surface area contributed by atoms with Gasteiger partial charge in [-0.1, -0.05) is 73.4 Å². The second-order valence-corrected chi connectivity index (χ2v) is 8.26. The van der Waals surface area contributed by atoms with Crippen molar-refractivity contribution in [1.29, 1.82) is 0 Å². The van der Waals surface area contributed by atoms with Crippen molar-refractivity contribution in [3.63, 3.8) is 0 Å². The molecule has 2 amide bonds. The molecule has 0 aliphatic carbocycles. The molecule has 0 heterocycles. The van der Waals surface area contributed by atoms with Gasteiger partial charge in [-0.3, -0.25) is 9.59 Å². The van der Waals surface area contributed by atoms with E-state index in [9.17, 15) is 9.59 Å². The minimum Gasteiger partial charge on any atom is -0.352 e. The number of carbonyl (C=O) groups excluding carboxylic acids is 2. The van der Waals surface area contributed by atoms with E-state index >= 15 is 0 Å². The Bertz CT molecular complexity index is 822. The molecule has 6 heteroatoms. The average Bonchev–Trinajstić information content (AvgIpc) is 2.74. The maximum absolute atomic E-state index is 13.3. The molecule has 0 saturated carbocycles. The van der Waals surface area contributed by atoms with Crippen LogP contribution in [0.25, 0.3) is 0 Å². The van der Waals surface area contributed by atoms with Crippen LogP contribution in [0.4, 0.5) is 0 Å². The summed E-state index contributed by atoms with van der Waals surface area (Å²) in [5, 5.41) is 3.98. The first-order chi connectivity index (χ1) is 14.4. The Kier molecular flexibility index (Phi) is 9.67. The third-order valence-corrected chi connectivity index (χ3v) is 5.96. The minimum absolute atomic E-state index is 0.0386. The third-order valence-electron chi connectivity index (χ3n) is 5.25. The highest BCUT2D eigenvalue weighted by Gasteiger charge is 2.30. The van der Waals surface area contributed by atoms with Crippen molar-refractivity contribution in [3.05, 3.63) is 69.7 Å². The number of aryl methyl sites for hydroxylation is 1. The second-order valence-electron chi connectivity index (χ2n) is 7.45. The molecule has 2 atom stereocenters. The molecule has 162 valence electrons. The topological polar surface area (TPSA) is 49.4 Å². The SMILES string of the molecule is CC[C@@H](C)NC(=O)[C@@H](CC)N(Cc1c(Cl)cccc1Cl)C(=O)CCc1ccccc1. The predicted molar refractivity (Wildman–Crippen MR) is 124 cm³/mol. The van der Waals surface area contributed by atoms with Crippen molar-refractivity contribution < 1.29 is 9.59 Å². The number of nitrogens with zero attached hydrogens (tertiary/aromatic N) is 1. The maximum Gasteiger partial charge on any atom is 0.243 e. The molecule has 2 aromatic carbocycles. The lowest BCUT2D eigenvalue weighted by Gasteiger charge is -2.32. The first-order valence-electron chi connectivity index (χ1n) is 10.4. The molecule has 0 unspecified atom stereocenters. The van der Waals surface area contributed by atoms with Gasteiger partial charge in [-0.2, -0.15) is 0 Å². The zero-order valence-electron chi connectivity index (χ0n) is 17.8. The molecule has 0 fully saturated rings. The van der Waals surface area contributed by atoms with E-state index in [0.29, 0.717) is 34.9 Å². The molecule has 0 saturated heterocycles. The van der Waals surface area contributed by atoms with E-state index < -0.39 is 6.04 Å². The molecule has 0 bridgehead atoms. The van der Waals surface area contributed by atoms with E-state index in [0.717, 1.165) is 12.0 Å². The summed E-state index contributed by atoms with van der Waals surface area (Å²) in [5.41, 5.74) is 1.74. The van der Waals surface area contributed by atoms with Crippen LogP contribution in [0, 0.1) is 0 Å². The predicted octanol–water partition coefficient (Wildman–Crippen LogP) is 5.65. The van der Waals surface area contributed by atoms with Gasteiger partial charge in [0.1, 0.15) is 6.04 Å². The van der Waals surface area contributed by atoms with Gasteiger partial charge >= 0.3 is 0 Å². The summed E-state index contributed by atoms with van der Waals surface area (Å²) >= 11 is 12.7. The summed E-state index contributed by atoms with van der Waals surface area (Å²) in [6.07, 6.45) is 2.23. The van der Waals surface area contributed by atoms with E-state index in [4.69, 9.17) is 23.2 Å². The quantitative estimate of drug-likeness (QED) is 0.510. The number of amides is 2. The number of hydrogen-bond donors (Lipinski definition) is 1. The van der Waals surface area contributed by atoms with Gasteiger partial charge in [0.05, 0.1) is 0 Å². The fourth-order valence-electron chi connectivity index (χ4n) is 3.25. The Morgan fingerprint density at radius 3 is 2.17 bits per heavy atom. The summed E-state index contributed by atoms with van der Waals surface area (Å²) in [6.45, 7) is 6.07. The number of hydrogen-bond acceptors (Lipinski definition) is 2. The maximum atomic E-state index is 13.3. The molecule has 0 aromatic heterocycles. The molecule has 0 spiro atoms. The average molecular weight is 449 g/mol. The Morgan fingerprint density at radius 2 is 1.60 bits per heavy atom. The van der Waals surface area contributed by atoms with Crippen LogP contribution in [-0.4, -0.2) is 28.8 Å². The van der Waals surface area contributed by atoms with E-state index in [-0.39, 0.29) is 24.4 Å². The van der Waals surface area contributed by atoms with Gasteiger partial charge in [0.15, 0.2) is 0 Å². The summed E-state index contributed by atoms with van der Waals surface area (Å²) in [6, 6.07) is 14.6. The van der Waals surface area contributed by atoms with Crippen LogP contribution in [0.2, 0.25) is 10.0 Å². The van der Waals surface area contributed by atoms with Crippen molar-refractivity contribution in [3.8, 4) is 0 Å². The molecule has 2 aromatic rings. The van der Waals surface area contributed by atoms with Gasteiger partial charge in [-0.25, -0.2) is 0 Å². The van der Waals surface area contributed by atoms with Crippen LogP contribution in [0.15, 0.2) is 48.5 Å². The standard InChI is InChI=1S/C24H30Cl2N2O2/c1-4-17(3)27-24(30)22(5-2)28(16-19-20(25)12-9-13-21(19)26)23(29)15-14-18-10-7-6-8-11-18/h6-13,17,22H,4-5,14-16H2,1-3H3,(H,27,30)/t17-,22-/m1/s1. The fraction of sp³-hybridized carbons (Fsp3) is 0.417. The summed E-state index contributed by atoms with van der Waals surface area (Å²) in [7, 11) is 0. The van der Waals surface area contributed by atoms with Crippen LogP contribution >= 0.6 is 23.2 Å². The Morgan fingerprint density at radius 1 is 0.967 bits per heavy atom. The van der Waals surface area contributed by atoms with Crippen molar-refractivity contribution in [1.82, 2.24) is 10.2 Å². The fourth-order valence-corrected chi connectivity index (χ4v) is 3.77. The summed E-state index contributed by atoms with van der Waals surface area (Å²) < 4.78 is 0. The summed E-state index contributed by atoms with van der Waals surface area (Å²) in [5.74, 6) is -0.246. The van der Waals surface area contributed by atoms with E-state index in [1.807, 2.05) is 51.1 Å². The molecule has 4 nitrogen and oxygen atoms in total. The number of benzene rings is 2. The zero-order chi connectivity index (χ0) is 22.1. The Balaban J connectivity index is 2.27. The van der Waals surface area contributed by atoms with Crippen LogP contribution in [0.3, 0.4) is 0 Å². The lowest BCUT2D eigenvalue weighted by Crippen LogP contribution is -2.50. The number of carbonyl (C=O) groups is 2. The number of rotatable bonds is 10. The van der Waals surface area contributed by atoms with Gasteiger partial charge in [-0.05, 0) is 43.9 Å². The smallest absolute Gasteiger partial charge is 0.243 e. The zero-order valence-corrected chi connectivity index (χ0v) is 19.3. The van der Waals surface area contributed by atoms with Gasteiger partial charge in [0.25, 0.3) is 0 Å². The molecule has 0 radical (unpaired) electrons. The largest absolute Gasteiger partial charge is 0.352 e. The highest BCUT2D eigenvalue weighted by atomic mass is 35.5. The van der Waals surface area contributed by atoms with Crippen molar-refractivity contribution >= 4 is 35.0 Å². The third kappa shape index (κ3) is 6.75. The van der Waals surface area contributed by atoms with Crippen molar-refractivity contribution in [2.24, 2.45) is 0 Å². The van der Waals surface area contributed by atoms with Gasteiger partial charge in [0.2, 0.25) is 11.8 Å². The minimum atomic E-state index is -0.588. The first-order valence-corrected chi connectivity index (χ1v) is 11.2. The molecular weight excluding hydrogens is 419 g/mol. The number of nitrogens with one attached hydrogen (secondary N) is 1. The molecule has 0 aliphatic rings. The van der Waals surface area contributed by atoms with E-state index in [1.165, 1.54) is 0 Å². The number of halogens is 2. The molecule has 1 N–H and O–H groups in total. The highest BCUT2D eigenvalue weighted by molar-refractivity contribution is 6.36. The molecular formula is C24H30Cl2N2O2. The molecule has 30 heavy (non-hydrogen) atoms. The van der Waals surface area contributed by atoms with Gasteiger partial charge in [0, 0.05) is 34.6 Å². The van der Waals surface area contributed by atoms with Gasteiger partial charge in [-0.15, -0.1) is 0 Å². The van der Waals surface area contributed by atoms with Crippen molar-refractivity contribution in [2.45, 2.75) is 65.1 Å².